The molecule has 2 aromatic heterocycles. The van der Waals surface area contributed by atoms with Crippen molar-refractivity contribution in [2.75, 3.05) is 0 Å². The van der Waals surface area contributed by atoms with E-state index in [1.54, 1.807) is 6.07 Å². The lowest BCUT2D eigenvalue weighted by molar-refractivity contribution is 0.0930. The molecule has 0 saturated carbocycles. The quantitative estimate of drug-likeness (QED) is 0.684. The number of hydrogen-bond acceptors (Lipinski definition) is 4. The first-order chi connectivity index (χ1) is 12.5. The lowest BCUT2D eigenvalue weighted by Gasteiger charge is -2.14. The van der Waals surface area contributed by atoms with Gasteiger partial charge in [-0.3, -0.25) is 14.6 Å². The molecular formula is C19H23N5O2. The fourth-order valence-corrected chi connectivity index (χ4v) is 2.69. The van der Waals surface area contributed by atoms with Gasteiger partial charge in [0, 0.05) is 11.7 Å². The van der Waals surface area contributed by atoms with E-state index in [9.17, 15) is 4.79 Å². The van der Waals surface area contributed by atoms with Crippen molar-refractivity contribution >= 4 is 5.91 Å². The maximum absolute atomic E-state index is 12.4. The zero-order valence-corrected chi connectivity index (χ0v) is 15.2. The molecule has 7 nitrogen and oxygen atoms in total. The summed E-state index contributed by atoms with van der Waals surface area (Å²) >= 11 is 0. The highest BCUT2D eigenvalue weighted by molar-refractivity contribution is 5.92. The van der Waals surface area contributed by atoms with E-state index < -0.39 is 0 Å². The lowest BCUT2D eigenvalue weighted by atomic mass is 10.3. The van der Waals surface area contributed by atoms with Crippen LogP contribution in [0.3, 0.4) is 0 Å². The molecule has 0 spiro atoms. The third kappa shape index (κ3) is 4.50. The summed E-state index contributed by atoms with van der Waals surface area (Å²) in [6.45, 7) is 6.84. The molecule has 1 amide bonds. The van der Waals surface area contributed by atoms with Crippen LogP contribution in [0, 0.1) is 13.8 Å². The van der Waals surface area contributed by atoms with Crippen molar-refractivity contribution in [1.82, 2.24) is 25.3 Å². The van der Waals surface area contributed by atoms with Gasteiger partial charge in [-0.15, -0.1) is 0 Å². The van der Waals surface area contributed by atoms with Gasteiger partial charge in [-0.05, 0) is 45.0 Å². The van der Waals surface area contributed by atoms with Crippen LogP contribution in [-0.2, 0) is 13.2 Å². The van der Waals surface area contributed by atoms with Crippen LogP contribution in [-0.4, -0.2) is 31.9 Å². The smallest absolute Gasteiger partial charge is 0.272 e. The van der Waals surface area contributed by atoms with Crippen LogP contribution in [0.15, 0.2) is 42.5 Å². The summed E-state index contributed by atoms with van der Waals surface area (Å²) in [5.41, 5.74) is 3.13. The standard InChI is InChI=1S/C19H23N5O2/c1-13-9-15(3)24(23-13)11-14(2)20-19(25)18-10-16(21-22-18)12-26-17-7-5-4-6-8-17/h4-10,14H,11-12H2,1-3H3,(H,20,25)(H,21,22). The SMILES string of the molecule is Cc1cc(C)n(CC(C)NC(=O)c2cc(COc3ccccc3)[nH]n2)n1. The predicted molar refractivity (Wildman–Crippen MR) is 98.0 cm³/mol. The van der Waals surface area contributed by atoms with E-state index in [2.05, 4.69) is 20.6 Å². The summed E-state index contributed by atoms with van der Waals surface area (Å²) in [5, 5.41) is 14.3. The Bertz CT molecular complexity index is 869. The molecule has 0 aliphatic rings. The van der Waals surface area contributed by atoms with E-state index in [4.69, 9.17) is 4.74 Å². The van der Waals surface area contributed by atoms with Crippen molar-refractivity contribution in [3.8, 4) is 5.75 Å². The number of nitrogens with one attached hydrogen (secondary N) is 2. The number of para-hydroxylation sites is 1. The molecule has 0 aliphatic carbocycles. The highest BCUT2D eigenvalue weighted by Crippen LogP contribution is 2.11. The van der Waals surface area contributed by atoms with E-state index in [-0.39, 0.29) is 11.9 Å². The van der Waals surface area contributed by atoms with E-state index in [0.717, 1.165) is 22.8 Å². The Kier molecular flexibility index (Phi) is 5.36. The van der Waals surface area contributed by atoms with Gasteiger partial charge < -0.3 is 10.1 Å². The summed E-state index contributed by atoms with van der Waals surface area (Å²) in [4.78, 5) is 12.4. The first-order valence-electron chi connectivity index (χ1n) is 8.55. The minimum atomic E-state index is -0.221. The van der Waals surface area contributed by atoms with Crippen LogP contribution in [0.25, 0.3) is 0 Å². The molecule has 136 valence electrons. The van der Waals surface area contributed by atoms with Crippen molar-refractivity contribution in [2.24, 2.45) is 0 Å². The van der Waals surface area contributed by atoms with Crippen LogP contribution < -0.4 is 10.1 Å². The predicted octanol–water partition coefficient (Wildman–Crippen LogP) is 2.62. The number of amides is 1. The largest absolute Gasteiger partial charge is 0.487 e. The third-order valence-corrected chi connectivity index (χ3v) is 3.93. The number of hydrogen-bond donors (Lipinski definition) is 2. The minimum Gasteiger partial charge on any atom is -0.487 e. The van der Waals surface area contributed by atoms with Crippen LogP contribution >= 0.6 is 0 Å². The topological polar surface area (TPSA) is 84.8 Å². The first-order valence-corrected chi connectivity index (χ1v) is 8.55. The Morgan fingerprint density at radius 2 is 2.04 bits per heavy atom. The van der Waals surface area contributed by atoms with Crippen molar-refractivity contribution < 1.29 is 9.53 Å². The second-order valence-corrected chi connectivity index (χ2v) is 6.36. The molecular weight excluding hydrogens is 330 g/mol. The van der Waals surface area contributed by atoms with Gasteiger partial charge in [0.05, 0.1) is 17.9 Å². The molecule has 0 radical (unpaired) electrons. The lowest BCUT2D eigenvalue weighted by Crippen LogP contribution is -2.36. The molecule has 2 N–H and O–H groups in total. The van der Waals surface area contributed by atoms with Crippen LogP contribution in [0.1, 0.15) is 34.5 Å². The number of ether oxygens (including phenoxy) is 1. The van der Waals surface area contributed by atoms with Gasteiger partial charge in [0.1, 0.15) is 18.1 Å². The van der Waals surface area contributed by atoms with Crippen LogP contribution in [0.2, 0.25) is 0 Å². The number of benzene rings is 1. The summed E-state index contributed by atoms with van der Waals surface area (Å²) in [7, 11) is 0. The van der Waals surface area contributed by atoms with Gasteiger partial charge in [-0.25, -0.2) is 0 Å². The fourth-order valence-electron chi connectivity index (χ4n) is 2.69. The van der Waals surface area contributed by atoms with E-state index in [1.165, 1.54) is 0 Å². The third-order valence-electron chi connectivity index (χ3n) is 3.93. The number of carbonyl (C=O) groups is 1. The van der Waals surface area contributed by atoms with E-state index >= 15 is 0 Å². The molecule has 26 heavy (non-hydrogen) atoms. The van der Waals surface area contributed by atoms with E-state index in [1.807, 2.05) is 61.9 Å². The van der Waals surface area contributed by atoms with Crippen LogP contribution in [0.5, 0.6) is 5.75 Å². The molecule has 7 heteroatoms. The first kappa shape index (κ1) is 17.7. The molecule has 0 saturated heterocycles. The number of H-pyrrole nitrogens is 1. The maximum atomic E-state index is 12.4. The highest BCUT2D eigenvalue weighted by atomic mass is 16.5. The second-order valence-electron chi connectivity index (χ2n) is 6.36. The van der Waals surface area contributed by atoms with Gasteiger partial charge in [0.25, 0.3) is 5.91 Å². The van der Waals surface area contributed by atoms with Gasteiger partial charge in [-0.2, -0.15) is 10.2 Å². The molecule has 3 rings (SSSR count). The zero-order valence-electron chi connectivity index (χ0n) is 15.2. The van der Waals surface area contributed by atoms with Crippen LogP contribution in [0.4, 0.5) is 0 Å². The van der Waals surface area contributed by atoms with Gasteiger partial charge in [0.2, 0.25) is 0 Å². The number of rotatable bonds is 7. The molecule has 0 fully saturated rings. The fraction of sp³-hybridized carbons (Fsp3) is 0.316. The molecule has 1 aromatic carbocycles. The molecule has 0 aliphatic heterocycles. The zero-order chi connectivity index (χ0) is 18.5. The monoisotopic (exact) mass is 353 g/mol. The maximum Gasteiger partial charge on any atom is 0.272 e. The van der Waals surface area contributed by atoms with Crippen molar-refractivity contribution in [3.63, 3.8) is 0 Å². The number of carbonyl (C=O) groups excluding carboxylic acids is 1. The summed E-state index contributed by atoms with van der Waals surface area (Å²) in [6, 6.07) is 13.2. The normalized spacial score (nSPS) is 12.0. The Labute approximate surface area is 152 Å². The summed E-state index contributed by atoms with van der Waals surface area (Å²) in [5.74, 6) is 0.549. The van der Waals surface area contributed by atoms with Crippen molar-refractivity contribution in [2.45, 2.75) is 40.0 Å². The second kappa shape index (κ2) is 7.86. The van der Waals surface area contributed by atoms with Gasteiger partial charge in [0.15, 0.2) is 0 Å². The number of aromatic nitrogens is 4. The highest BCUT2D eigenvalue weighted by Gasteiger charge is 2.15. The van der Waals surface area contributed by atoms with Crippen molar-refractivity contribution in [1.29, 1.82) is 0 Å². The summed E-state index contributed by atoms with van der Waals surface area (Å²) in [6.07, 6.45) is 0. The molecule has 1 unspecified atom stereocenters. The minimum absolute atomic E-state index is 0.0683. The van der Waals surface area contributed by atoms with Gasteiger partial charge >= 0.3 is 0 Å². The Morgan fingerprint density at radius 1 is 1.27 bits per heavy atom. The number of aromatic amines is 1. The average Bonchev–Trinajstić information content (AvgIpc) is 3.20. The Hall–Kier alpha value is -3.09. The van der Waals surface area contributed by atoms with E-state index in [0.29, 0.717) is 18.8 Å². The van der Waals surface area contributed by atoms with Crippen molar-refractivity contribution in [3.05, 3.63) is 65.2 Å². The molecule has 3 aromatic rings. The Balaban J connectivity index is 1.53. The Morgan fingerprint density at radius 3 is 2.73 bits per heavy atom. The molecule has 2 heterocycles. The molecule has 1 atom stereocenters. The summed E-state index contributed by atoms with van der Waals surface area (Å²) < 4.78 is 7.54. The van der Waals surface area contributed by atoms with Gasteiger partial charge in [-0.1, -0.05) is 18.2 Å². The average molecular weight is 353 g/mol. The number of aryl methyl sites for hydroxylation is 2. The number of nitrogens with zero attached hydrogens (tertiary/aromatic N) is 3. The molecule has 0 bridgehead atoms.